The van der Waals surface area contributed by atoms with Gasteiger partial charge in [0, 0.05) is 24.2 Å². The zero-order valence-corrected chi connectivity index (χ0v) is 13.4. The second kappa shape index (κ2) is 8.82. The van der Waals surface area contributed by atoms with Gasteiger partial charge in [0.05, 0.1) is 14.2 Å². The van der Waals surface area contributed by atoms with Gasteiger partial charge in [-0.2, -0.15) is 0 Å². The van der Waals surface area contributed by atoms with Crippen LogP contribution in [0.2, 0.25) is 0 Å². The van der Waals surface area contributed by atoms with E-state index in [1.807, 2.05) is 12.1 Å². The lowest BCUT2D eigenvalue weighted by Gasteiger charge is -2.26. The smallest absolute Gasteiger partial charge is 0.127 e. The summed E-state index contributed by atoms with van der Waals surface area (Å²) in [5.41, 5.74) is 1.18. The normalized spacial score (nSPS) is 12.5. The predicted molar refractivity (Wildman–Crippen MR) is 83.8 cm³/mol. The summed E-state index contributed by atoms with van der Waals surface area (Å²) in [6, 6.07) is 6.29. The molecule has 0 aliphatic carbocycles. The number of likely N-dealkylation sites (N-methyl/N-ethyl adjacent to an activating group) is 1. The number of hydrogen-bond donors (Lipinski definition) is 1. The molecular weight excluding hydrogens is 252 g/mol. The summed E-state index contributed by atoms with van der Waals surface area (Å²) in [4.78, 5) is 2.30. The van der Waals surface area contributed by atoms with Crippen LogP contribution in [-0.2, 0) is 0 Å². The zero-order valence-electron chi connectivity index (χ0n) is 13.4. The van der Waals surface area contributed by atoms with E-state index in [1.54, 1.807) is 14.2 Å². The van der Waals surface area contributed by atoms with E-state index in [-0.39, 0.29) is 6.04 Å². The van der Waals surface area contributed by atoms with Gasteiger partial charge in [0.2, 0.25) is 0 Å². The average Bonchev–Trinajstić information content (AvgIpc) is 2.50. The fraction of sp³-hybridized carbons (Fsp3) is 0.625. The minimum atomic E-state index is 0.265. The maximum absolute atomic E-state index is 5.53. The zero-order chi connectivity index (χ0) is 15.0. The topological polar surface area (TPSA) is 33.7 Å². The van der Waals surface area contributed by atoms with Crippen molar-refractivity contribution in [3.05, 3.63) is 23.8 Å². The van der Waals surface area contributed by atoms with Crippen molar-refractivity contribution in [3.63, 3.8) is 0 Å². The van der Waals surface area contributed by atoms with Gasteiger partial charge in [-0.3, -0.25) is 0 Å². The summed E-state index contributed by atoms with van der Waals surface area (Å²) in [5.74, 6) is 1.70. The van der Waals surface area contributed by atoms with Crippen LogP contribution in [0.4, 0.5) is 0 Å². The Kier molecular flexibility index (Phi) is 7.41. The van der Waals surface area contributed by atoms with Crippen molar-refractivity contribution in [2.75, 3.05) is 40.9 Å². The Balaban J connectivity index is 2.98. The Morgan fingerprint density at radius 1 is 1.20 bits per heavy atom. The summed E-state index contributed by atoms with van der Waals surface area (Å²) in [7, 11) is 5.52. The summed E-state index contributed by atoms with van der Waals surface area (Å²) < 4.78 is 10.8. The standard InChI is InChI=1S/C16H28N2O2/c1-6-10-17-15(12-18(3)7-2)14-9-8-13(19-4)11-16(14)20-5/h8-9,11,15,17H,6-7,10,12H2,1-5H3. The fourth-order valence-corrected chi connectivity index (χ4v) is 2.14. The first-order chi connectivity index (χ1) is 9.65. The SMILES string of the molecule is CCCNC(CN(C)CC)c1ccc(OC)cc1OC. The quantitative estimate of drug-likeness (QED) is 0.754. The van der Waals surface area contributed by atoms with Crippen LogP contribution in [0, 0.1) is 0 Å². The molecule has 0 spiro atoms. The molecule has 0 amide bonds. The van der Waals surface area contributed by atoms with Crippen LogP contribution in [0.5, 0.6) is 11.5 Å². The number of nitrogens with one attached hydrogen (secondary N) is 1. The number of nitrogens with zero attached hydrogens (tertiary/aromatic N) is 1. The van der Waals surface area contributed by atoms with E-state index in [2.05, 4.69) is 37.2 Å². The van der Waals surface area contributed by atoms with E-state index in [1.165, 1.54) is 5.56 Å². The molecule has 1 aromatic rings. The Labute approximate surface area is 123 Å². The summed E-state index contributed by atoms with van der Waals surface area (Å²) in [6.45, 7) is 7.33. The van der Waals surface area contributed by atoms with Crippen LogP contribution in [0.25, 0.3) is 0 Å². The van der Waals surface area contributed by atoms with Gasteiger partial charge in [0.1, 0.15) is 11.5 Å². The van der Waals surface area contributed by atoms with E-state index in [0.717, 1.165) is 37.6 Å². The van der Waals surface area contributed by atoms with Gasteiger partial charge in [-0.15, -0.1) is 0 Å². The van der Waals surface area contributed by atoms with E-state index < -0.39 is 0 Å². The average molecular weight is 280 g/mol. The van der Waals surface area contributed by atoms with Gasteiger partial charge in [0.25, 0.3) is 0 Å². The maximum Gasteiger partial charge on any atom is 0.127 e. The van der Waals surface area contributed by atoms with E-state index in [4.69, 9.17) is 9.47 Å². The first-order valence-electron chi connectivity index (χ1n) is 7.30. The molecule has 0 saturated heterocycles. The lowest BCUT2D eigenvalue weighted by atomic mass is 10.0. The minimum Gasteiger partial charge on any atom is -0.497 e. The van der Waals surface area contributed by atoms with Gasteiger partial charge in [-0.05, 0) is 32.6 Å². The number of ether oxygens (including phenoxy) is 2. The molecule has 0 radical (unpaired) electrons. The molecule has 1 aromatic carbocycles. The molecule has 0 aliphatic rings. The predicted octanol–water partition coefficient (Wildman–Crippen LogP) is 2.70. The molecule has 4 nitrogen and oxygen atoms in total. The Bertz CT molecular complexity index is 396. The van der Waals surface area contributed by atoms with Gasteiger partial charge in [-0.25, -0.2) is 0 Å². The Hall–Kier alpha value is -1.26. The number of benzene rings is 1. The third kappa shape index (κ3) is 4.69. The van der Waals surface area contributed by atoms with Crippen molar-refractivity contribution in [2.45, 2.75) is 26.3 Å². The molecule has 114 valence electrons. The van der Waals surface area contributed by atoms with Crippen molar-refractivity contribution in [3.8, 4) is 11.5 Å². The molecule has 20 heavy (non-hydrogen) atoms. The van der Waals surface area contributed by atoms with Gasteiger partial charge in [0.15, 0.2) is 0 Å². The molecule has 0 aromatic heterocycles. The molecule has 1 rings (SSSR count). The van der Waals surface area contributed by atoms with Gasteiger partial charge in [-0.1, -0.05) is 19.9 Å². The van der Waals surface area contributed by atoms with Crippen molar-refractivity contribution < 1.29 is 9.47 Å². The van der Waals surface area contributed by atoms with Crippen molar-refractivity contribution in [2.24, 2.45) is 0 Å². The van der Waals surface area contributed by atoms with E-state index in [9.17, 15) is 0 Å². The first-order valence-corrected chi connectivity index (χ1v) is 7.30. The molecule has 1 N–H and O–H groups in total. The van der Waals surface area contributed by atoms with Crippen LogP contribution in [0.3, 0.4) is 0 Å². The largest absolute Gasteiger partial charge is 0.497 e. The first kappa shape index (κ1) is 16.8. The highest BCUT2D eigenvalue weighted by Gasteiger charge is 2.17. The van der Waals surface area contributed by atoms with Crippen molar-refractivity contribution >= 4 is 0 Å². The maximum atomic E-state index is 5.53. The number of methoxy groups -OCH3 is 2. The Morgan fingerprint density at radius 2 is 1.95 bits per heavy atom. The van der Waals surface area contributed by atoms with E-state index >= 15 is 0 Å². The van der Waals surface area contributed by atoms with Crippen LogP contribution in [-0.4, -0.2) is 45.8 Å². The monoisotopic (exact) mass is 280 g/mol. The van der Waals surface area contributed by atoms with E-state index in [0.29, 0.717) is 0 Å². The summed E-state index contributed by atoms with van der Waals surface area (Å²) in [6.07, 6.45) is 1.12. The Morgan fingerprint density at radius 3 is 2.50 bits per heavy atom. The van der Waals surface area contributed by atoms with Crippen molar-refractivity contribution in [1.82, 2.24) is 10.2 Å². The number of rotatable bonds is 9. The van der Waals surface area contributed by atoms with Gasteiger partial charge >= 0.3 is 0 Å². The highest BCUT2D eigenvalue weighted by atomic mass is 16.5. The lowest BCUT2D eigenvalue weighted by Crippen LogP contribution is -2.33. The second-order valence-electron chi connectivity index (χ2n) is 4.97. The molecule has 0 aliphatic heterocycles. The third-order valence-electron chi connectivity index (χ3n) is 3.49. The summed E-state index contributed by atoms with van der Waals surface area (Å²) in [5, 5.41) is 3.60. The van der Waals surface area contributed by atoms with Crippen LogP contribution >= 0.6 is 0 Å². The molecule has 0 saturated carbocycles. The highest BCUT2D eigenvalue weighted by molar-refractivity contribution is 5.42. The minimum absolute atomic E-state index is 0.265. The van der Waals surface area contributed by atoms with Crippen LogP contribution in [0.15, 0.2) is 18.2 Å². The molecule has 1 atom stereocenters. The summed E-state index contributed by atoms with van der Waals surface area (Å²) >= 11 is 0. The molecule has 0 heterocycles. The fourth-order valence-electron chi connectivity index (χ4n) is 2.14. The number of hydrogen-bond acceptors (Lipinski definition) is 4. The molecule has 1 unspecified atom stereocenters. The van der Waals surface area contributed by atoms with Crippen LogP contribution in [0.1, 0.15) is 31.9 Å². The molecular formula is C16H28N2O2. The molecule has 4 heteroatoms. The lowest BCUT2D eigenvalue weighted by molar-refractivity contribution is 0.297. The van der Waals surface area contributed by atoms with Crippen molar-refractivity contribution in [1.29, 1.82) is 0 Å². The third-order valence-corrected chi connectivity index (χ3v) is 3.49. The molecule has 0 bridgehead atoms. The second-order valence-corrected chi connectivity index (χ2v) is 4.97. The highest BCUT2D eigenvalue weighted by Crippen LogP contribution is 2.29. The van der Waals surface area contributed by atoms with Gasteiger partial charge < -0.3 is 19.7 Å². The molecule has 0 fully saturated rings. The van der Waals surface area contributed by atoms with Crippen LogP contribution < -0.4 is 14.8 Å².